The fraction of sp³-hybridized carbons (Fsp3) is 0.900. The minimum absolute atomic E-state index is 0.00674. The van der Waals surface area contributed by atoms with Gasteiger partial charge >= 0.3 is 0 Å². The van der Waals surface area contributed by atoms with Crippen LogP contribution in [0.5, 0.6) is 0 Å². The van der Waals surface area contributed by atoms with Gasteiger partial charge in [0.2, 0.25) is 5.91 Å². The van der Waals surface area contributed by atoms with Gasteiger partial charge in [-0.05, 0) is 25.6 Å². The third-order valence-electron chi connectivity index (χ3n) is 2.22. The first kappa shape index (κ1) is 16.0. The van der Waals surface area contributed by atoms with Crippen molar-refractivity contribution < 1.29 is 9.28 Å². The highest BCUT2D eigenvalue weighted by Gasteiger charge is 2.21. The molecule has 0 atom stereocenters. The molecule has 4 nitrogen and oxygen atoms in total. The third kappa shape index (κ3) is 7.28. The van der Waals surface area contributed by atoms with E-state index in [4.69, 9.17) is 23.4 Å². The molecular formula is C10H22Cl2N3O+. The first-order valence-electron chi connectivity index (χ1n) is 5.25. The first-order chi connectivity index (χ1) is 7.22. The van der Waals surface area contributed by atoms with Crippen molar-refractivity contribution in [1.82, 2.24) is 10.2 Å². The van der Waals surface area contributed by atoms with Crippen LogP contribution in [0.25, 0.3) is 0 Å². The molecule has 96 valence electrons. The Labute approximate surface area is 108 Å². The second-order valence-electron chi connectivity index (χ2n) is 5.28. The van der Waals surface area contributed by atoms with Gasteiger partial charge in [-0.1, -0.05) is 11.6 Å². The largest absolute Gasteiger partial charge is 0.350 e. The Bertz CT molecular complexity index is 232. The minimum Gasteiger partial charge on any atom is -0.350 e. The Balaban J connectivity index is 3.83. The molecule has 0 aromatic rings. The summed E-state index contributed by atoms with van der Waals surface area (Å²) < 4.78 is 0.680. The molecule has 0 saturated carbocycles. The summed E-state index contributed by atoms with van der Waals surface area (Å²) in [4.78, 5) is 14.1. The second-order valence-corrected chi connectivity index (χ2v) is 5.71. The van der Waals surface area contributed by atoms with Crippen molar-refractivity contribution >= 4 is 29.3 Å². The van der Waals surface area contributed by atoms with Gasteiger partial charge in [-0.25, -0.2) is 4.84 Å². The lowest BCUT2D eigenvalue weighted by atomic mass is 10.0. The number of hydrogen-bond acceptors (Lipinski definition) is 2. The molecule has 0 spiro atoms. The van der Waals surface area contributed by atoms with E-state index in [-0.39, 0.29) is 11.4 Å². The van der Waals surface area contributed by atoms with E-state index in [0.717, 1.165) is 6.54 Å². The zero-order valence-corrected chi connectivity index (χ0v) is 12.0. The van der Waals surface area contributed by atoms with Crippen molar-refractivity contribution in [3.05, 3.63) is 0 Å². The number of carbonyl (C=O) groups is 1. The highest BCUT2D eigenvalue weighted by atomic mass is 35.5. The fourth-order valence-corrected chi connectivity index (χ4v) is 1.24. The topological polar surface area (TPSA) is 41.1 Å². The lowest BCUT2D eigenvalue weighted by molar-refractivity contribution is -0.877. The van der Waals surface area contributed by atoms with Crippen LogP contribution in [0.2, 0.25) is 0 Å². The number of likely N-dealkylation sites (N-methyl/N-ethyl adjacent to an activating group) is 1. The van der Waals surface area contributed by atoms with Gasteiger partial charge in [-0.3, -0.25) is 4.79 Å². The maximum atomic E-state index is 11.5. The molecule has 6 heteroatoms. The van der Waals surface area contributed by atoms with Crippen LogP contribution in [0.1, 0.15) is 20.3 Å². The van der Waals surface area contributed by atoms with Crippen LogP contribution in [-0.4, -0.2) is 49.1 Å². The monoisotopic (exact) mass is 270 g/mol. The molecule has 0 aliphatic heterocycles. The number of rotatable bonds is 7. The average molecular weight is 271 g/mol. The number of quaternary nitrogens is 1. The molecule has 0 aromatic carbocycles. The van der Waals surface area contributed by atoms with Crippen molar-refractivity contribution in [2.45, 2.75) is 25.8 Å². The third-order valence-corrected chi connectivity index (χ3v) is 3.38. The van der Waals surface area contributed by atoms with Crippen molar-refractivity contribution in [2.75, 3.05) is 33.2 Å². The molecule has 0 aliphatic carbocycles. The summed E-state index contributed by atoms with van der Waals surface area (Å²) in [5.74, 6) is -0.00674. The van der Waals surface area contributed by atoms with E-state index >= 15 is 0 Å². The second kappa shape index (κ2) is 6.64. The van der Waals surface area contributed by atoms with Gasteiger partial charge in [0.05, 0.1) is 27.2 Å². The van der Waals surface area contributed by atoms with E-state index in [2.05, 4.69) is 10.2 Å². The molecule has 0 aliphatic rings. The van der Waals surface area contributed by atoms with E-state index in [9.17, 15) is 4.79 Å². The Morgan fingerprint density at radius 1 is 1.38 bits per heavy atom. The highest BCUT2D eigenvalue weighted by molar-refractivity contribution is 6.16. The Morgan fingerprint density at radius 2 is 1.94 bits per heavy atom. The summed E-state index contributed by atoms with van der Waals surface area (Å²) in [7, 11) is 4.03. The Kier molecular flexibility index (Phi) is 6.63. The summed E-state index contributed by atoms with van der Waals surface area (Å²) in [6, 6.07) is 0.532. The standard InChI is InChI=1S/C10H21Cl2N3O/c1-10(2,14-12)7-9(16)13-5-6-15(3,4)8-11/h14H,5-8H2,1-4H3/p+1. The number of hydrogen-bond donors (Lipinski definition) is 2. The number of amides is 1. The molecule has 16 heavy (non-hydrogen) atoms. The van der Waals surface area contributed by atoms with Crippen LogP contribution in [0.3, 0.4) is 0 Å². The fourth-order valence-electron chi connectivity index (χ4n) is 1.06. The van der Waals surface area contributed by atoms with Crippen molar-refractivity contribution in [2.24, 2.45) is 0 Å². The quantitative estimate of drug-likeness (QED) is 0.317. The van der Waals surface area contributed by atoms with E-state index in [0.29, 0.717) is 23.5 Å². The van der Waals surface area contributed by atoms with Crippen molar-refractivity contribution in [3.63, 3.8) is 0 Å². The smallest absolute Gasteiger partial charge is 0.222 e. The van der Waals surface area contributed by atoms with Gasteiger partial charge in [0.15, 0.2) is 6.00 Å². The molecule has 0 fully saturated rings. The van der Waals surface area contributed by atoms with E-state index in [1.165, 1.54) is 0 Å². The Hall–Kier alpha value is -0.0300. The highest BCUT2D eigenvalue weighted by Crippen LogP contribution is 2.08. The molecule has 0 saturated heterocycles. The van der Waals surface area contributed by atoms with E-state index < -0.39 is 0 Å². The molecule has 2 N–H and O–H groups in total. The Morgan fingerprint density at radius 3 is 2.38 bits per heavy atom. The van der Waals surface area contributed by atoms with E-state index in [1.54, 1.807) is 0 Å². The van der Waals surface area contributed by atoms with Crippen LogP contribution < -0.4 is 10.2 Å². The average Bonchev–Trinajstić information content (AvgIpc) is 2.17. The zero-order chi connectivity index (χ0) is 12.8. The summed E-state index contributed by atoms with van der Waals surface area (Å²) in [6.07, 6.45) is 0.352. The van der Waals surface area contributed by atoms with Gasteiger partial charge in [0.1, 0.15) is 0 Å². The summed E-state index contributed by atoms with van der Waals surface area (Å²) in [5, 5.41) is 2.85. The maximum Gasteiger partial charge on any atom is 0.222 e. The molecule has 0 heterocycles. The van der Waals surface area contributed by atoms with Crippen LogP contribution >= 0.6 is 23.4 Å². The van der Waals surface area contributed by atoms with Crippen LogP contribution in [0.15, 0.2) is 0 Å². The van der Waals surface area contributed by atoms with Crippen LogP contribution in [-0.2, 0) is 4.79 Å². The molecule has 0 unspecified atom stereocenters. The summed E-state index contributed by atoms with van der Waals surface area (Å²) in [6.45, 7) is 5.18. The molecule has 0 radical (unpaired) electrons. The summed E-state index contributed by atoms with van der Waals surface area (Å²) >= 11 is 11.3. The van der Waals surface area contributed by atoms with Gasteiger partial charge in [0, 0.05) is 12.0 Å². The normalized spacial score (nSPS) is 12.6. The predicted molar refractivity (Wildman–Crippen MR) is 68.4 cm³/mol. The molecule has 1 amide bonds. The molecular weight excluding hydrogens is 249 g/mol. The maximum absolute atomic E-state index is 11.5. The SMILES string of the molecule is CC(C)(CC(=O)NCC[N+](C)(C)CCl)NCl. The van der Waals surface area contributed by atoms with Crippen molar-refractivity contribution in [3.8, 4) is 0 Å². The minimum atomic E-state index is -0.386. The van der Waals surface area contributed by atoms with Gasteiger partial charge in [0.25, 0.3) is 0 Å². The number of nitrogens with zero attached hydrogens (tertiary/aromatic N) is 1. The number of nitrogens with one attached hydrogen (secondary N) is 2. The van der Waals surface area contributed by atoms with Crippen LogP contribution in [0.4, 0.5) is 0 Å². The predicted octanol–water partition coefficient (Wildman–Crippen LogP) is 1.29. The zero-order valence-electron chi connectivity index (χ0n) is 10.4. The molecule has 0 rings (SSSR count). The molecule has 0 aromatic heterocycles. The van der Waals surface area contributed by atoms with E-state index in [1.807, 2.05) is 27.9 Å². The number of carbonyl (C=O) groups excluding carboxylic acids is 1. The number of alkyl halides is 1. The lowest BCUT2D eigenvalue weighted by Crippen LogP contribution is -2.46. The summed E-state index contributed by atoms with van der Waals surface area (Å²) in [5.41, 5.74) is -0.386. The molecule has 0 bridgehead atoms. The van der Waals surface area contributed by atoms with Gasteiger partial charge in [-0.2, -0.15) is 0 Å². The number of halogens is 2. The van der Waals surface area contributed by atoms with Crippen molar-refractivity contribution in [1.29, 1.82) is 0 Å². The van der Waals surface area contributed by atoms with Gasteiger partial charge in [-0.15, -0.1) is 0 Å². The van der Waals surface area contributed by atoms with Gasteiger partial charge < -0.3 is 9.80 Å². The van der Waals surface area contributed by atoms with Crippen LogP contribution in [0, 0.1) is 0 Å². The first-order valence-corrected chi connectivity index (χ1v) is 6.16. The lowest BCUT2D eigenvalue weighted by Gasteiger charge is -2.27.